The van der Waals surface area contributed by atoms with Crippen LogP contribution in [-0.2, 0) is 0 Å². The number of carbonyl (C=O) groups is 1. The Labute approximate surface area is 140 Å². The molecule has 130 valence electrons. The van der Waals surface area contributed by atoms with Crippen LogP contribution in [0.4, 0.5) is 8.78 Å². The number of piperazine rings is 1. The number of carbonyl (C=O) groups excluding carboxylic acids is 1. The van der Waals surface area contributed by atoms with Gasteiger partial charge in [-0.1, -0.05) is 0 Å². The Morgan fingerprint density at radius 2 is 1.79 bits per heavy atom. The minimum atomic E-state index is -0.889. The minimum Gasteiger partial charge on any atom is -0.335 e. The molecule has 1 aromatic rings. The summed E-state index contributed by atoms with van der Waals surface area (Å²) in [5, 5.41) is 0. The highest BCUT2D eigenvalue weighted by Gasteiger charge is 2.38. The van der Waals surface area contributed by atoms with E-state index < -0.39 is 17.5 Å². The first-order chi connectivity index (χ1) is 11.6. The zero-order chi connectivity index (χ0) is 16.7. The van der Waals surface area contributed by atoms with Crippen molar-refractivity contribution in [1.82, 2.24) is 19.7 Å². The van der Waals surface area contributed by atoms with Gasteiger partial charge in [-0.3, -0.25) is 9.69 Å². The summed E-state index contributed by atoms with van der Waals surface area (Å²) in [6.45, 7) is 6.32. The van der Waals surface area contributed by atoms with E-state index >= 15 is 0 Å². The van der Waals surface area contributed by atoms with Gasteiger partial charge in [0.1, 0.15) is 5.82 Å². The van der Waals surface area contributed by atoms with Crippen molar-refractivity contribution in [2.75, 3.05) is 45.8 Å². The molecule has 24 heavy (non-hydrogen) atoms. The summed E-state index contributed by atoms with van der Waals surface area (Å²) in [5.41, 5.74) is -0.285. The van der Waals surface area contributed by atoms with E-state index in [1.165, 1.54) is 25.9 Å². The molecule has 5 rings (SSSR count). The third-order valence-corrected chi connectivity index (χ3v) is 5.70. The molecule has 0 radical (unpaired) electrons. The molecule has 5 nitrogen and oxygen atoms in total. The van der Waals surface area contributed by atoms with Crippen molar-refractivity contribution < 1.29 is 13.6 Å². The lowest BCUT2D eigenvalue weighted by Crippen LogP contribution is -2.61. The van der Waals surface area contributed by atoms with E-state index in [-0.39, 0.29) is 5.69 Å². The highest BCUT2D eigenvalue weighted by atomic mass is 19.1. The molecule has 1 aromatic heterocycles. The number of nitrogens with zero attached hydrogens (tertiary/aromatic N) is 4. The first kappa shape index (κ1) is 15.9. The van der Waals surface area contributed by atoms with E-state index in [9.17, 15) is 13.6 Å². The number of fused-ring (bicyclic) bond motifs is 3. The number of rotatable bonds is 2. The van der Waals surface area contributed by atoms with Crippen molar-refractivity contribution in [2.45, 2.75) is 18.9 Å². The first-order valence-electron chi connectivity index (χ1n) is 8.68. The molecule has 0 spiro atoms. The molecule has 1 atom stereocenters. The van der Waals surface area contributed by atoms with Gasteiger partial charge in [0.25, 0.3) is 5.91 Å². The van der Waals surface area contributed by atoms with Crippen molar-refractivity contribution in [3.05, 3.63) is 29.6 Å². The summed E-state index contributed by atoms with van der Waals surface area (Å²) in [7, 11) is 0. The van der Waals surface area contributed by atoms with Gasteiger partial charge in [-0.15, -0.1) is 0 Å². The van der Waals surface area contributed by atoms with Crippen LogP contribution in [0.1, 0.15) is 23.3 Å². The lowest BCUT2D eigenvalue weighted by Gasteiger charge is -2.50. The maximum Gasteiger partial charge on any atom is 0.275 e. The van der Waals surface area contributed by atoms with E-state index in [4.69, 9.17) is 0 Å². The predicted molar refractivity (Wildman–Crippen MR) is 84.6 cm³/mol. The Hall–Kier alpha value is -1.60. The van der Waals surface area contributed by atoms with E-state index in [2.05, 4.69) is 14.8 Å². The average molecular weight is 336 g/mol. The lowest BCUT2D eigenvalue weighted by molar-refractivity contribution is -0.0132. The lowest BCUT2D eigenvalue weighted by atomic mass is 9.83. The SMILES string of the molecule is O=C(c1ncc(F)cc1F)N1CCN(C2CN3CCC2CC3)CC1. The molecule has 0 N–H and O–H groups in total. The van der Waals surface area contributed by atoms with Crippen LogP contribution in [0.2, 0.25) is 0 Å². The van der Waals surface area contributed by atoms with Gasteiger partial charge in [0, 0.05) is 44.8 Å². The third kappa shape index (κ3) is 2.91. The van der Waals surface area contributed by atoms with Crippen LogP contribution in [-0.4, -0.2) is 77.4 Å². The van der Waals surface area contributed by atoms with Crippen LogP contribution in [0.3, 0.4) is 0 Å². The normalized spacial score (nSPS) is 30.6. The van der Waals surface area contributed by atoms with Gasteiger partial charge in [0.15, 0.2) is 11.5 Å². The maximum absolute atomic E-state index is 13.8. The zero-order valence-electron chi connectivity index (χ0n) is 13.6. The van der Waals surface area contributed by atoms with Crippen LogP contribution in [0.5, 0.6) is 0 Å². The predicted octanol–water partition coefficient (Wildman–Crippen LogP) is 1.21. The van der Waals surface area contributed by atoms with Crippen molar-refractivity contribution >= 4 is 5.91 Å². The van der Waals surface area contributed by atoms with Gasteiger partial charge < -0.3 is 9.80 Å². The fraction of sp³-hybridized carbons (Fsp3) is 0.647. The molecule has 0 aliphatic carbocycles. The highest BCUT2D eigenvalue weighted by molar-refractivity contribution is 5.92. The van der Waals surface area contributed by atoms with E-state index in [1.807, 2.05) is 0 Å². The number of halogens is 2. The number of amides is 1. The Balaban J connectivity index is 1.38. The molecule has 1 amide bonds. The van der Waals surface area contributed by atoms with Gasteiger partial charge in [-0.05, 0) is 31.8 Å². The van der Waals surface area contributed by atoms with Crippen molar-refractivity contribution in [3.63, 3.8) is 0 Å². The molecular formula is C17H22F2N4O. The van der Waals surface area contributed by atoms with Gasteiger partial charge in [-0.2, -0.15) is 0 Å². The second kappa shape index (κ2) is 6.37. The molecular weight excluding hydrogens is 314 g/mol. The number of hydrogen-bond acceptors (Lipinski definition) is 4. The monoisotopic (exact) mass is 336 g/mol. The van der Waals surface area contributed by atoms with Gasteiger partial charge in [0.2, 0.25) is 0 Å². The Kier molecular flexibility index (Phi) is 4.22. The average Bonchev–Trinajstić information content (AvgIpc) is 2.62. The summed E-state index contributed by atoms with van der Waals surface area (Å²) in [4.78, 5) is 22.7. The van der Waals surface area contributed by atoms with Gasteiger partial charge in [0.05, 0.1) is 6.20 Å². The van der Waals surface area contributed by atoms with Gasteiger partial charge in [-0.25, -0.2) is 13.8 Å². The minimum absolute atomic E-state index is 0.285. The second-order valence-electron chi connectivity index (χ2n) is 7.02. The van der Waals surface area contributed by atoms with E-state index in [1.54, 1.807) is 4.90 Å². The molecule has 4 fully saturated rings. The fourth-order valence-corrected chi connectivity index (χ4v) is 4.33. The van der Waals surface area contributed by atoms with Crippen molar-refractivity contribution in [1.29, 1.82) is 0 Å². The zero-order valence-corrected chi connectivity index (χ0v) is 13.6. The molecule has 4 saturated heterocycles. The number of hydrogen-bond donors (Lipinski definition) is 0. The van der Waals surface area contributed by atoms with Gasteiger partial charge >= 0.3 is 0 Å². The largest absolute Gasteiger partial charge is 0.335 e. The summed E-state index contributed by atoms with van der Waals surface area (Å²) in [6, 6.07) is 1.30. The molecule has 0 saturated carbocycles. The second-order valence-corrected chi connectivity index (χ2v) is 7.02. The first-order valence-corrected chi connectivity index (χ1v) is 8.68. The smallest absolute Gasteiger partial charge is 0.275 e. The molecule has 2 bridgehead atoms. The highest BCUT2D eigenvalue weighted by Crippen LogP contribution is 2.31. The summed E-state index contributed by atoms with van der Waals surface area (Å²) in [5.74, 6) is -1.33. The number of aromatic nitrogens is 1. The van der Waals surface area contributed by atoms with Crippen LogP contribution >= 0.6 is 0 Å². The topological polar surface area (TPSA) is 39.7 Å². The summed E-state index contributed by atoms with van der Waals surface area (Å²) < 4.78 is 26.7. The van der Waals surface area contributed by atoms with Crippen molar-refractivity contribution in [3.8, 4) is 0 Å². The molecule has 4 aliphatic rings. The number of piperidine rings is 3. The molecule has 0 aromatic carbocycles. The van der Waals surface area contributed by atoms with Crippen molar-refractivity contribution in [2.24, 2.45) is 5.92 Å². The Morgan fingerprint density at radius 1 is 1.08 bits per heavy atom. The Bertz CT molecular complexity index is 625. The summed E-state index contributed by atoms with van der Waals surface area (Å²) >= 11 is 0. The maximum atomic E-state index is 13.8. The molecule has 5 heterocycles. The van der Waals surface area contributed by atoms with Crippen LogP contribution in [0, 0.1) is 17.6 Å². The fourth-order valence-electron chi connectivity index (χ4n) is 4.33. The molecule has 7 heteroatoms. The molecule has 4 aliphatic heterocycles. The van der Waals surface area contributed by atoms with Crippen LogP contribution < -0.4 is 0 Å². The van der Waals surface area contributed by atoms with Crippen LogP contribution in [0.15, 0.2) is 12.3 Å². The number of pyridine rings is 1. The molecule has 1 unspecified atom stereocenters. The quantitative estimate of drug-likeness (QED) is 0.814. The summed E-state index contributed by atoms with van der Waals surface area (Å²) in [6.07, 6.45) is 3.43. The van der Waals surface area contributed by atoms with E-state index in [0.717, 1.165) is 31.7 Å². The Morgan fingerprint density at radius 3 is 2.38 bits per heavy atom. The standard InChI is InChI=1S/C17H22F2N4O/c18-13-9-14(19)16(20-10-13)17(24)23-7-5-22(6-8-23)15-11-21-3-1-12(15)2-4-21/h9-10,12,15H,1-8,11H2. The van der Waals surface area contributed by atoms with Crippen LogP contribution in [0.25, 0.3) is 0 Å². The third-order valence-electron chi connectivity index (χ3n) is 5.70. The van der Waals surface area contributed by atoms with E-state index in [0.29, 0.717) is 25.2 Å².